The smallest absolute Gasteiger partial charge is 0.255 e. The normalized spacial score (nSPS) is 15.0. The molecule has 0 radical (unpaired) electrons. The van der Waals surface area contributed by atoms with Crippen LogP contribution in [-0.4, -0.2) is 43.8 Å². The number of para-hydroxylation sites is 1. The Kier molecular flexibility index (Phi) is 8.15. The summed E-state index contributed by atoms with van der Waals surface area (Å²) in [5.74, 6) is 0.341. The number of aromatic nitrogens is 2. The van der Waals surface area contributed by atoms with Crippen LogP contribution in [0.1, 0.15) is 28.8 Å². The van der Waals surface area contributed by atoms with Gasteiger partial charge in [0, 0.05) is 46.4 Å². The molecule has 3 N–H and O–H groups in total. The Morgan fingerprint density at radius 1 is 0.884 bits per heavy atom. The third kappa shape index (κ3) is 6.41. The molecule has 10 heteroatoms. The van der Waals surface area contributed by atoms with Gasteiger partial charge in [-0.15, -0.1) is 10.2 Å². The van der Waals surface area contributed by atoms with Gasteiger partial charge in [-0.3, -0.25) is 4.79 Å². The number of amides is 1. The lowest BCUT2D eigenvalue weighted by atomic mass is 10.0. The number of carbonyl (C=O) groups is 1. The minimum atomic E-state index is -3.76. The van der Waals surface area contributed by atoms with Gasteiger partial charge in [0.05, 0.1) is 11.0 Å². The van der Waals surface area contributed by atoms with E-state index in [4.69, 9.17) is 4.74 Å². The van der Waals surface area contributed by atoms with Crippen LogP contribution in [0.15, 0.2) is 102 Å². The lowest BCUT2D eigenvalue weighted by Gasteiger charge is -2.15. The van der Waals surface area contributed by atoms with Crippen molar-refractivity contribution in [2.24, 2.45) is 0 Å². The van der Waals surface area contributed by atoms with Gasteiger partial charge in [-0.2, -0.15) is 0 Å². The molecule has 0 saturated carbocycles. The Labute approximate surface area is 250 Å². The average molecular weight is 594 g/mol. The van der Waals surface area contributed by atoms with E-state index in [9.17, 15) is 13.2 Å². The van der Waals surface area contributed by atoms with E-state index in [1.807, 2.05) is 72.8 Å². The standard InChI is InChI=1S/C33H31N5O4S/c1-22-13-14-24(20-30(22)43(40,41)34-21-27-10-7-19-42-27)31-28-11-5-6-12-29(28)32(38-37-31)35-26-17-15-23(16-18-26)33(39)36-25-8-3-2-4-9-25/h2-6,8-9,11-18,20,27,34H,7,10,19,21H2,1H3,(H,35,38)(H,36,39). The first kappa shape index (κ1) is 28.5. The molecule has 1 amide bonds. The summed E-state index contributed by atoms with van der Waals surface area (Å²) in [4.78, 5) is 12.8. The van der Waals surface area contributed by atoms with Gasteiger partial charge in [0.25, 0.3) is 5.91 Å². The van der Waals surface area contributed by atoms with Crippen molar-refractivity contribution in [3.63, 3.8) is 0 Å². The fraction of sp³-hybridized carbons (Fsp3) is 0.182. The first-order chi connectivity index (χ1) is 20.9. The van der Waals surface area contributed by atoms with E-state index in [1.54, 1.807) is 31.2 Å². The molecule has 9 nitrogen and oxygen atoms in total. The van der Waals surface area contributed by atoms with Crippen molar-refractivity contribution in [3.8, 4) is 11.3 Å². The number of sulfonamides is 1. The minimum absolute atomic E-state index is 0.101. The molecular weight excluding hydrogens is 562 g/mol. The van der Waals surface area contributed by atoms with Gasteiger partial charge in [-0.1, -0.05) is 54.6 Å². The van der Waals surface area contributed by atoms with E-state index in [0.717, 1.165) is 35.0 Å². The van der Waals surface area contributed by atoms with E-state index in [0.29, 0.717) is 34.8 Å². The van der Waals surface area contributed by atoms with E-state index in [2.05, 4.69) is 25.6 Å². The summed E-state index contributed by atoms with van der Waals surface area (Å²) in [6, 6.07) is 29.4. The molecule has 1 atom stereocenters. The zero-order valence-corrected chi connectivity index (χ0v) is 24.4. The van der Waals surface area contributed by atoms with Crippen LogP contribution >= 0.6 is 0 Å². The van der Waals surface area contributed by atoms with Crippen LogP contribution in [0, 0.1) is 6.92 Å². The largest absolute Gasteiger partial charge is 0.377 e. The molecule has 6 rings (SSSR count). The molecule has 218 valence electrons. The van der Waals surface area contributed by atoms with Crippen molar-refractivity contribution in [2.75, 3.05) is 23.8 Å². The molecule has 43 heavy (non-hydrogen) atoms. The lowest BCUT2D eigenvalue weighted by Crippen LogP contribution is -2.32. The fourth-order valence-electron chi connectivity index (χ4n) is 5.10. The highest BCUT2D eigenvalue weighted by Gasteiger charge is 2.23. The van der Waals surface area contributed by atoms with Crippen LogP contribution in [0.3, 0.4) is 0 Å². The molecule has 4 aromatic carbocycles. The van der Waals surface area contributed by atoms with Crippen LogP contribution in [0.25, 0.3) is 22.0 Å². The molecule has 5 aromatic rings. The minimum Gasteiger partial charge on any atom is -0.377 e. The van der Waals surface area contributed by atoms with E-state index >= 15 is 0 Å². The number of hydrogen-bond acceptors (Lipinski definition) is 7. The van der Waals surface area contributed by atoms with Crippen LogP contribution < -0.4 is 15.4 Å². The molecule has 2 heterocycles. The number of hydrogen-bond donors (Lipinski definition) is 3. The van der Waals surface area contributed by atoms with Crippen LogP contribution in [0.5, 0.6) is 0 Å². The molecule has 1 fully saturated rings. The number of anilines is 3. The van der Waals surface area contributed by atoms with Crippen molar-refractivity contribution in [1.82, 2.24) is 14.9 Å². The van der Waals surface area contributed by atoms with Gasteiger partial charge in [0.1, 0.15) is 5.69 Å². The first-order valence-electron chi connectivity index (χ1n) is 14.1. The summed E-state index contributed by atoms with van der Waals surface area (Å²) >= 11 is 0. The van der Waals surface area contributed by atoms with E-state index in [-0.39, 0.29) is 23.5 Å². The zero-order chi connectivity index (χ0) is 29.8. The van der Waals surface area contributed by atoms with Gasteiger partial charge in [0.2, 0.25) is 10.0 Å². The van der Waals surface area contributed by atoms with E-state index in [1.165, 1.54) is 0 Å². The van der Waals surface area contributed by atoms with Gasteiger partial charge in [-0.25, -0.2) is 13.1 Å². The number of nitrogens with zero attached hydrogens (tertiary/aromatic N) is 2. The molecule has 1 saturated heterocycles. The highest BCUT2D eigenvalue weighted by molar-refractivity contribution is 7.89. The predicted octanol–water partition coefficient (Wildman–Crippen LogP) is 6.06. The monoisotopic (exact) mass is 593 g/mol. The third-order valence-electron chi connectivity index (χ3n) is 7.40. The number of fused-ring (bicyclic) bond motifs is 1. The quantitative estimate of drug-likeness (QED) is 0.190. The molecule has 1 aliphatic heterocycles. The lowest BCUT2D eigenvalue weighted by molar-refractivity contribution is 0.102. The fourth-order valence-corrected chi connectivity index (χ4v) is 6.43. The Morgan fingerprint density at radius 3 is 2.37 bits per heavy atom. The number of carbonyl (C=O) groups excluding carboxylic acids is 1. The average Bonchev–Trinajstić information content (AvgIpc) is 3.55. The van der Waals surface area contributed by atoms with Crippen LogP contribution in [0.4, 0.5) is 17.2 Å². The van der Waals surface area contributed by atoms with E-state index < -0.39 is 10.0 Å². The summed E-state index contributed by atoms with van der Waals surface area (Å²) in [5.41, 5.74) is 3.85. The molecule has 1 aromatic heterocycles. The number of rotatable bonds is 9. The predicted molar refractivity (Wildman–Crippen MR) is 168 cm³/mol. The number of aryl methyl sites for hydroxylation is 1. The Bertz CT molecular complexity index is 1870. The number of benzene rings is 4. The Balaban J connectivity index is 1.24. The zero-order valence-electron chi connectivity index (χ0n) is 23.6. The summed E-state index contributed by atoms with van der Waals surface area (Å²) in [6.45, 7) is 2.68. The summed E-state index contributed by atoms with van der Waals surface area (Å²) < 4.78 is 34.8. The van der Waals surface area contributed by atoms with Crippen molar-refractivity contribution < 1.29 is 17.9 Å². The second kappa shape index (κ2) is 12.3. The maximum atomic E-state index is 13.2. The van der Waals surface area contributed by atoms with Crippen molar-refractivity contribution in [1.29, 1.82) is 0 Å². The summed E-state index contributed by atoms with van der Waals surface area (Å²) in [7, 11) is -3.76. The van der Waals surface area contributed by atoms with Gasteiger partial charge >= 0.3 is 0 Å². The van der Waals surface area contributed by atoms with Crippen LogP contribution in [-0.2, 0) is 14.8 Å². The Hall–Kier alpha value is -4.64. The molecule has 0 bridgehead atoms. The molecule has 1 aliphatic rings. The van der Waals surface area contributed by atoms with Crippen molar-refractivity contribution >= 4 is 43.9 Å². The number of nitrogens with one attached hydrogen (secondary N) is 3. The molecule has 1 unspecified atom stereocenters. The molecular formula is C33H31N5O4S. The van der Waals surface area contributed by atoms with Gasteiger partial charge < -0.3 is 15.4 Å². The third-order valence-corrected chi connectivity index (χ3v) is 8.97. The molecule has 0 aliphatic carbocycles. The van der Waals surface area contributed by atoms with Gasteiger partial charge in [-0.05, 0) is 67.8 Å². The van der Waals surface area contributed by atoms with Crippen molar-refractivity contribution in [2.45, 2.75) is 30.8 Å². The number of ether oxygens (including phenoxy) is 1. The molecule has 0 spiro atoms. The highest BCUT2D eigenvalue weighted by Crippen LogP contribution is 2.33. The second-order valence-electron chi connectivity index (χ2n) is 10.4. The van der Waals surface area contributed by atoms with Crippen molar-refractivity contribution in [3.05, 3.63) is 108 Å². The summed E-state index contributed by atoms with van der Waals surface area (Å²) in [5, 5.41) is 16.8. The second-order valence-corrected chi connectivity index (χ2v) is 12.2. The summed E-state index contributed by atoms with van der Waals surface area (Å²) in [6.07, 6.45) is 1.68. The SMILES string of the molecule is Cc1ccc(-c2nnc(Nc3ccc(C(=O)Nc4ccccc4)cc3)c3ccccc23)cc1S(=O)(=O)NCC1CCCO1. The topological polar surface area (TPSA) is 122 Å². The highest BCUT2D eigenvalue weighted by atomic mass is 32.2. The van der Waals surface area contributed by atoms with Crippen LogP contribution in [0.2, 0.25) is 0 Å². The maximum absolute atomic E-state index is 13.2. The first-order valence-corrected chi connectivity index (χ1v) is 15.6. The maximum Gasteiger partial charge on any atom is 0.255 e. The van der Waals surface area contributed by atoms with Gasteiger partial charge in [0.15, 0.2) is 5.82 Å². The Morgan fingerprint density at radius 2 is 1.63 bits per heavy atom.